The second kappa shape index (κ2) is 9.19. The van der Waals surface area contributed by atoms with Crippen molar-refractivity contribution < 1.29 is 27.3 Å². The van der Waals surface area contributed by atoms with Crippen LogP contribution in [0.3, 0.4) is 0 Å². The molecule has 0 spiro atoms. The van der Waals surface area contributed by atoms with Gasteiger partial charge in [0, 0.05) is 37.7 Å². The summed E-state index contributed by atoms with van der Waals surface area (Å²) in [6.45, 7) is 2.53. The second-order valence-electron chi connectivity index (χ2n) is 9.57. The number of hydrogen-bond acceptors (Lipinski definition) is 7. The zero-order valence-electron chi connectivity index (χ0n) is 19.5. The Labute approximate surface area is 203 Å². The first kappa shape index (κ1) is 23.7. The van der Waals surface area contributed by atoms with Crippen molar-refractivity contribution in [1.82, 2.24) is 19.7 Å². The van der Waals surface area contributed by atoms with E-state index >= 15 is 0 Å². The van der Waals surface area contributed by atoms with Crippen LogP contribution in [-0.4, -0.2) is 71.9 Å². The van der Waals surface area contributed by atoms with Crippen LogP contribution in [0.1, 0.15) is 75.5 Å². The number of hydrogen-bond donors (Lipinski definition) is 1. The molecule has 1 aromatic heterocycles. The summed E-state index contributed by atoms with van der Waals surface area (Å²) < 4.78 is 32.6. The minimum absolute atomic E-state index is 0.0498. The molecular weight excluding hydrogens is 472 g/mol. The third kappa shape index (κ3) is 4.74. The highest BCUT2D eigenvalue weighted by atomic mass is 32.2. The van der Waals surface area contributed by atoms with Gasteiger partial charge >= 0.3 is 0 Å². The number of sulfonamides is 1. The first-order valence-corrected chi connectivity index (χ1v) is 13.6. The van der Waals surface area contributed by atoms with Crippen molar-refractivity contribution in [2.75, 3.05) is 25.4 Å². The summed E-state index contributed by atoms with van der Waals surface area (Å²) >= 11 is 0. The number of piperidine rings is 1. The molecule has 10 nitrogen and oxygen atoms in total. The van der Waals surface area contributed by atoms with E-state index in [4.69, 9.17) is 4.52 Å². The quantitative estimate of drug-likeness (QED) is 0.549. The number of fused-ring (bicyclic) bond motifs is 1. The van der Waals surface area contributed by atoms with Crippen LogP contribution in [-0.2, 0) is 10.0 Å². The molecule has 3 heterocycles. The Morgan fingerprint density at radius 1 is 1.14 bits per heavy atom. The van der Waals surface area contributed by atoms with E-state index < -0.39 is 10.0 Å². The fourth-order valence-corrected chi connectivity index (χ4v) is 6.35. The van der Waals surface area contributed by atoms with Gasteiger partial charge in [0.1, 0.15) is 5.76 Å². The molecule has 0 unspecified atom stereocenters. The number of benzene rings is 1. The van der Waals surface area contributed by atoms with E-state index in [-0.39, 0.29) is 67.2 Å². The number of rotatable bonds is 8. The Morgan fingerprint density at radius 2 is 1.83 bits per heavy atom. The first-order valence-electron chi connectivity index (χ1n) is 11.9. The van der Waals surface area contributed by atoms with E-state index in [1.807, 2.05) is 6.92 Å². The van der Waals surface area contributed by atoms with Gasteiger partial charge in [-0.25, -0.2) is 12.7 Å². The fraction of sp³-hybridized carbons (Fsp3) is 0.500. The van der Waals surface area contributed by atoms with Gasteiger partial charge in [0.25, 0.3) is 17.7 Å². The number of nitrogens with zero attached hydrogens (tertiary/aromatic N) is 3. The van der Waals surface area contributed by atoms with Gasteiger partial charge in [-0.2, -0.15) is 0 Å². The smallest absolute Gasteiger partial charge is 0.273 e. The number of carbonyl (C=O) groups excluding carboxylic acids is 3. The van der Waals surface area contributed by atoms with Crippen LogP contribution in [0.2, 0.25) is 0 Å². The van der Waals surface area contributed by atoms with Crippen LogP contribution in [0, 0.1) is 5.92 Å². The lowest BCUT2D eigenvalue weighted by molar-refractivity contribution is 0.0653. The molecule has 0 bridgehead atoms. The summed E-state index contributed by atoms with van der Waals surface area (Å²) in [6.07, 6.45) is 2.75. The number of aromatic nitrogens is 1. The third-order valence-corrected chi connectivity index (χ3v) is 8.90. The average molecular weight is 501 g/mol. The molecule has 35 heavy (non-hydrogen) atoms. The first-order chi connectivity index (χ1) is 16.7. The highest BCUT2D eigenvalue weighted by molar-refractivity contribution is 7.89. The zero-order chi connectivity index (χ0) is 24.7. The molecule has 2 aromatic rings. The number of amides is 3. The summed E-state index contributed by atoms with van der Waals surface area (Å²) in [6, 6.07) is 8.11. The third-order valence-electron chi connectivity index (χ3n) is 6.98. The molecule has 3 aliphatic rings. The summed E-state index contributed by atoms with van der Waals surface area (Å²) in [7, 11) is -3.57. The molecule has 3 amide bonds. The molecule has 2 aliphatic heterocycles. The van der Waals surface area contributed by atoms with Gasteiger partial charge in [0.2, 0.25) is 10.0 Å². The van der Waals surface area contributed by atoms with Crippen LogP contribution in [0.5, 0.6) is 0 Å². The lowest BCUT2D eigenvalue weighted by Gasteiger charge is -2.36. The Bertz CT molecular complexity index is 1230. The van der Waals surface area contributed by atoms with Gasteiger partial charge in [0.05, 0.1) is 16.9 Å². The summed E-state index contributed by atoms with van der Waals surface area (Å²) in [5, 5.41) is 6.83. The lowest BCUT2D eigenvalue weighted by atomic mass is 9.95. The molecule has 1 saturated carbocycles. The zero-order valence-corrected chi connectivity index (χ0v) is 20.3. The average Bonchev–Trinajstić information content (AvgIpc) is 3.52. The van der Waals surface area contributed by atoms with Crippen LogP contribution < -0.4 is 5.32 Å². The lowest BCUT2D eigenvalue weighted by Crippen LogP contribution is -2.52. The number of nitrogens with one attached hydrogen (secondary N) is 1. The maximum absolute atomic E-state index is 12.9. The summed E-state index contributed by atoms with van der Waals surface area (Å²) in [4.78, 5) is 38.6. The van der Waals surface area contributed by atoms with Crippen molar-refractivity contribution in [2.45, 2.75) is 44.6 Å². The van der Waals surface area contributed by atoms with Crippen LogP contribution >= 0.6 is 0 Å². The minimum atomic E-state index is -3.57. The normalized spacial score (nSPS) is 22.9. The molecule has 2 fully saturated rings. The Hall–Kier alpha value is -3.05. The van der Waals surface area contributed by atoms with E-state index in [1.165, 1.54) is 4.31 Å². The van der Waals surface area contributed by atoms with Gasteiger partial charge < -0.3 is 9.84 Å². The van der Waals surface area contributed by atoms with E-state index in [1.54, 1.807) is 30.3 Å². The molecule has 2 atom stereocenters. The molecule has 11 heteroatoms. The monoisotopic (exact) mass is 500 g/mol. The van der Waals surface area contributed by atoms with Gasteiger partial charge in [-0.1, -0.05) is 24.2 Å². The molecule has 5 rings (SSSR count). The van der Waals surface area contributed by atoms with Crippen molar-refractivity contribution >= 4 is 27.7 Å². The number of imide groups is 1. The Kier molecular flexibility index (Phi) is 6.22. The van der Waals surface area contributed by atoms with Gasteiger partial charge in [0.15, 0.2) is 5.69 Å². The highest BCUT2D eigenvalue weighted by Crippen LogP contribution is 2.40. The van der Waals surface area contributed by atoms with Crippen molar-refractivity contribution in [3.63, 3.8) is 0 Å². The second-order valence-corrected chi connectivity index (χ2v) is 11.7. The van der Waals surface area contributed by atoms with E-state index in [0.717, 1.165) is 23.5 Å². The molecule has 1 N–H and O–H groups in total. The predicted octanol–water partition coefficient (Wildman–Crippen LogP) is 2.01. The fourth-order valence-electron chi connectivity index (χ4n) is 4.75. The SMILES string of the molecule is C[C@@H]1CN(S(=O)(=O)CCCN2C(=O)c3ccccc3C2=O)CC[C@H]1NC(=O)c1cc(C2CC2)on1. The molecule has 1 saturated heterocycles. The van der Waals surface area contributed by atoms with Crippen LogP contribution in [0.4, 0.5) is 0 Å². The van der Waals surface area contributed by atoms with E-state index in [2.05, 4.69) is 10.5 Å². The topological polar surface area (TPSA) is 130 Å². The maximum atomic E-state index is 12.9. The largest absolute Gasteiger partial charge is 0.360 e. The van der Waals surface area contributed by atoms with E-state index in [9.17, 15) is 22.8 Å². The minimum Gasteiger partial charge on any atom is -0.360 e. The Balaban J connectivity index is 1.11. The van der Waals surface area contributed by atoms with Crippen LogP contribution in [0.25, 0.3) is 0 Å². The van der Waals surface area contributed by atoms with Crippen LogP contribution in [0.15, 0.2) is 34.9 Å². The molecule has 0 radical (unpaired) electrons. The Morgan fingerprint density at radius 3 is 2.46 bits per heavy atom. The van der Waals surface area contributed by atoms with Gasteiger partial charge in [-0.3, -0.25) is 19.3 Å². The highest BCUT2D eigenvalue weighted by Gasteiger charge is 2.37. The van der Waals surface area contributed by atoms with Crippen molar-refractivity contribution in [3.05, 3.63) is 52.9 Å². The standard InChI is InChI=1S/C24H28N4O6S/c1-15-14-27(11-9-19(15)25-22(29)20-13-21(34-26-20)16-7-8-16)35(32,33)12-4-10-28-23(30)17-5-2-3-6-18(17)24(28)31/h2-3,5-6,13,15-16,19H,4,7-12,14H2,1H3,(H,25,29)/t15-,19-/m1/s1. The molecule has 1 aliphatic carbocycles. The predicted molar refractivity (Wildman–Crippen MR) is 125 cm³/mol. The molecular formula is C24H28N4O6S. The summed E-state index contributed by atoms with van der Waals surface area (Å²) in [5.74, 6) is -0.219. The molecule has 186 valence electrons. The van der Waals surface area contributed by atoms with Crippen molar-refractivity contribution in [3.8, 4) is 0 Å². The maximum Gasteiger partial charge on any atom is 0.273 e. The van der Waals surface area contributed by atoms with E-state index in [0.29, 0.717) is 23.5 Å². The number of carbonyl (C=O) groups is 3. The van der Waals surface area contributed by atoms with Gasteiger partial charge in [-0.05, 0) is 43.7 Å². The van der Waals surface area contributed by atoms with Crippen molar-refractivity contribution in [2.24, 2.45) is 5.92 Å². The molecule has 1 aromatic carbocycles. The summed E-state index contributed by atoms with van der Waals surface area (Å²) in [5.41, 5.74) is 0.961. The van der Waals surface area contributed by atoms with Gasteiger partial charge in [-0.15, -0.1) is 0 Å². The van der Waals surface area contributed by atoms with Crippen molar-refractivity contribution in [1.29, 1.82) is 0 Å².